The van der Waals surface area contributed by atoms with Crippen LogP contribution < -0.4 is 10.1 Å². The van der Waals surface area contributed by atoms with Crippen molar-refractivity contribution in [3.63, 3.8) is 0 Å². The number of rotatable bonds is 4. The van der Waals surface area contributed by atoms with Crippen LogP contribution in [0.4, 0.5) is 5.69 Å². The average Bonchev–Trinajstić information content (AvgIpc) is 3.14. The molecule has 2 aromatic carbocycles. The number of benzene rings is 2. The van der Waals surface area contributed by atoms with Gasteiger partial charge in [-0.2, -0.15) is 0 Å². The second-order valence-corrected chi connectivity index (χ2v) is 7.17. The third-order valence-corrected chi connectivity index (χ3v) is 5.29. The number of fused-ring (bicyclic) bond motifs is 1. The Bertz CT molecular complexity index is 906. The van der Waals surface area contributed by atoms with Crippen molar-refractivity contribution in [2.45, 2.75) is 25.7 Å². The first-order valence-corrected chi connectivity index (χ1v) is 9.88. The van der Waals surface area contributed by atoms with Gasteiger partial charge >= 0.3 is 0 Å². The van der Waals surface area contributed by atoms with Gasteiger partial charge in [0.25, 0.3) is 0 Å². The molecule has 0 aliphatic carbocycles. The summed E-state index contributed by atoms with van der Waals surface area (Å²) in [5.41, 5.74) is 3.03. The van der Waals surface area contributed by atoms with Gasteiger partial charge in [-0.3, -0.25) is 0 Å². The summed E-state index contributed by atoms with van der Waals surface area (Å²) >= 11 is 5.70. The molecular weight excluding hydrogens is 356 g/mol. The summed E-state index contributed by atoms with van der Waals surface area (Å²) in [6, 6.07) is 16.1. The van der Waals surface area contributed by atoms with E-state index in [4.69, 9.17) is 21.9 Å². The van der Waals surface area contributed by atoms with Crippen molar-refractivity contribution in [2.75, 3.05) is 25.0 Å². The van der Waals surface area contributed by atoms with Gasteiger partial charge in [0.2, 0.25) is 0 Å². The molecule has 140 valence electrons. The lowest BCUT2D eigenvalue weighted by molar-refractivity contribution is 0.306. The van der Waals surface area contributed by atoms with E-state index in [1.54, 1.807) is 0 Å². The zero-order valence-corrected chi connectivity index (χ0v) is 16.3. The van der Waals surface area contributed by atoms with Crippen LogP contribution in [-0.2, 0) is 0 Å². The van der Waals surface area contributed by atoms with E-state index in [9.17, 15) is 0 Å². The molecule has 5 nitrogen and oxygen atoms in total. The molecule has 1 aliphatic heterocycles. The molecule has 0 unspecified atom stereocenters. The summed E-state index contributed by atoms with van der Waals surface area (Å²) < 4.78 is 5.69. The maximum Gasteiger partial charge on any atom is 0.173 e. The van der Waals surface area contributed by atoms with Crippen molar-refractivity contribution in [3.05, 3.63) is 54.4 Å². The van der Waals surface area contributed by atoms with E-state index in [2.05, 4.69) is 21.3 Å². The molecule has 27 heavy (non-hydrogen) atoms. The molecule has 0 amide bonds. The number of para-hydroxylation sites is 4. The van der Waals surface area contributed by atoms with Gasteiger partial charge in [-0.25, -0.2) is 4.98 Å². The molecule has 2 N–H and O–H groups in total. The zero-order chi connectivity index (χ0) is 18.6. The van der Waals surface area contributed by atoms with Gasteiger partial charge in [-0.05, 0) is 56.2 Å². The van der Waals surface area contributed by atoms with Crippen molar-refractivity contribution < 1.29 is 4.74 Å². The van der Waals surface area contributed by atoms with E-state index in [0.717, 1.165) is 59.3 Å². The van der Waals surface area contributed by atoms with E-state index in [0.29, 0.717) is 12.5 Å². The number of hydrogen-bond donors (Lipinski definition) is 2. The number of piperidine rings is 1. The van der Waals surface area contributed by atoms with E-state index in [1.807, 2.05) is 49.4 Å². The molecule has 1 atom stereocenters. The topological polar surface area (TPSA) is 53.2 Å². The molecule has 3 aromatic rings. The van der Waals surface area contributed by atoms with Crippen molar-refractivity contribution in [1.82, 2.24) is 14.9 Å². The number of anilines is 1. The van der Waals surface area contributed by atoms with Crippen molar-refractivity contribution >= 4 is 34.1 Å². The largest absolute Gasteiger partial charge is 0.492 e. The van der Waals surface area contributed by atoms with Crippen LogP contribution in [0.15, 0.2) is 48.5 Å². The van der Waals surface area contributed by atoms with E-state index in [1.165, 1.54) is 0 Å². The highest BCUT2D eigenvalue weighted by molar-refractivity contribution is 7.80. The summed E-state index contributed by atoms with van der Waals surface area (Å²) in [6.45, 7) is 4.43. The number of aromatic nitrogens is 2. The Morgan fingerprint density at radius 3 is 2.93 bits per heavy atom. The van der Waals surface area contributed by atoms with Crippen molar-refractivity contribution in [2.24, 2.45) is 0 Å². The highest BCUT2D eigenvalue weighted by Gasteiger charge is 2.25. The fourth-order valence-electron chi connectivity index (χ4n) is 3.60. The number of nitrogens with one attached hydrogen (secondary N) is 2. The summed E-state index contributed by atoms with van der Waals surface area (Å²) in [7, 11) is 0. The molecule has 1 saturated heterocycles. The molecule has 6 heteroatoms. The van der Waals surface area contributed by atoms with Crippen LogP contribution in [0.5, 0.6) is 5.75 Å². The Morgan fingerprint density at radius 1 is 1.26 bits per heavy atom. The monoisotopic (exact) mass is 380 g/mol. The number of aromatic amines is 1. The smallest absolute Gasteiger partial charge is 0.173 e. The van der Waals surface area contributed by atoms with E-state index in [-0.39, 0.29) is 0 Å². The lowest BCUT2D eigenvalue weighted by Gasteiger charge is -2.34. The molecule has 2 heterocycles. The lowest BCUT2D eigenvalue weighted by Crippen LogP contribution is -2.41. The Kier molecular flexibility index (Phi) is 5.25. The Balaban J connectivity index is 1.47. The normalized spacial score (nSPS) is 17.1. The number of likely N-dealkylation sites (tertiary alicyclic amines) is 1. The van der Waals surface area contributed by atoms with Gasteiger partial charge in [0, 0.05) is 19.0 Å². The van der Waals surface area contributed by atoms with Crippen molar-refractivity contribution in [1.29, 1.82) is 0 Å². The standard InChI is InChI=1S/C21H24N4OS/c1-2-26-19-12-6-5-11-18(19)24-21(27)25-13-7-8-15(14-25)20-22-16-9-3-4-10-17(16)23-20/h3-6,9-12,15H,2,7-8,13-14H2,1H3,(H,22,23)(H,24,27)/t15-/m0/s1. The molecule has 1 fully saturated rings. The molecule has 0 bridgehead atoms. The zero-order valence-electron chi connectivity index (χ0n) is 15.4. The minimum absolute atomic E-state index is 0.355. The van der Waals surface area contributed by atoms with Crippen LogP contribution in [0, 0.1) is 0 Å². The molecule has 1 aliphatic rings. The number of ether oxygens (including phenoxy) is 1. The van der Waals surface area contributed by atoms with Gasteiger partial charge in [-0.15, -0.1) is 0 Å². The van der Waals surface area contributed by atoms with Gasteiger partial charge in [0.05, 0.1) is 23.3 Å². The van der Waals surface area contributed by atoms with Crippen LogP contribution >= 0.6 is 12.2 Å². The molecule has 0 spiro atoms. The van der Waals surface area contributed by atoms with E-state index >= 15 is 0 Å². The van der Waals surface area contributed by atoms with Gasteiger partial charge in [0.15, 0.2) is 5.11 Å². The van der Waals surface area contributed by atoms with Crippen molar-refractivity contribution in [3.8, 4) is 5.75 Å². The van der Waals surface area contributed by atoms with Crippen LogP contribution in [0.2, 0.25) is 0 Å². The predicted molar refractivity (Wildman–Crippen MR) is 113 cm³/mol. The number of hydrogen-bond acceptors (Lipinski definition) is 3. The highest BCUT2D eigenvalue weighted by atomic mass is 32.1. The third-order valence-electron chi connectivity index (χ3n) is 4.93. The Morgan fingerprint density at radius 2 is 2.07 bits per heavy atom. The fraction of sp³-hybridized carbons (Fsp3) is 0.333. The maximum atomic E-state index is 5.70. The summed E-state index contributed by atoms with van der Waals surface area (Å²) in [6.07, 6.45) is 2.21. The summed E-state index contributed by atoms with van der Waals surface area (Å²) in [5.74, 6) is 2.24. The first-order chi connectivity index (χ1) is 13.2. The average molecular weight is 381 g/mol. The molecule has 0 saturated carbocycles. The number of H-pyrrole nitrogens is 1. The first kappa shape index (κ1) is 17.8. The molecule has 1 aromatic heterocycles. The second kappa shape index (κ2) is 7.96. The van der Waals surface area contributed by atoms with Crippen LogP contribution in [-0.4, -0.2) is 39.7 Å². The summed E-state index contributed by atoms with van der Waals surface area (Å²) in [4.78, 5) is 10.5. The first-order valence-electron chi connectivity index (χ1n) is 9.47. The molecule has 0 radical (unpaired) electrons. The van der Waals surface area contributed by atoms with Gasteiger partial charge < -0.3 is 19.9 Å². The van der Waals surface area contributed by atoms with E-state index < -0.39 is 0 Å². The third kappa shape index (κ3) is 3.90. The van der Waals surface area contributed by atoms with Crippen LogP contribution in [0.3, 0.4) is 0 Å². The van der Waals surface area contributed by atoms with Gasteiger partial charge in [-0.1, -0.05) is 24.3 Å². The SMILES string of the molecule is CCOc1ccccc1NC(=S)N1CCC[C@H](c2nc3ccccc3[nH]2)C1. The van der Waals surface area contributed by atoms with Gasteiger partial charge in [0.1, 0.15) is 11.6 Å². The fourth-order valence-corrected chi connectivity index (χ4v) is 3.87. The molecular formula is C21H24N4OS. The Labute approximate surface area is 164 Å². The highest BCUT2D eigenvalue weighted by Crippen LogP contribution is 2.28. The molecule has 4 rings (SSSR count). The number of nitrogens with zero attached hydrogens (tertiary/aromatic N) is 2. The number of thiocarbonyl (C=S) groups is 1. The minimum atomic E-state index is 0.355. The quantitative estimate of drug-likeness (QED) is 0.651. The minimum Gasteiger partial charge on any atom is -0.492 e. The number of imidazole rings is 1. The Hall–Kier alpha value is -2.60. The van der Waals surface area contributed by atoms with Crippen LogP contribution in [0.1, 0.15) is 31.5 Å². The second-order valence-electron chi connectivity index (χ2n) is 6.78. The van der Waals surface area contributed by atoms with Crippen LogP contribution in [0.25, 0.3) is 11.0 Å². The maximum absolute atomic E-state index is 5.70. The predicted octanol–water partition coefficient (Wildman–Crippen LogP) is 4.54. The lowest BCUT2D eigenvalue weighted by atomic mass is 9.98. The summed E-state index contributed by atoms with van der Waals surface area (Å²) in [5, 5.41) is 4.10.